The number of carbonyl (C=O) groups excluding carboxylic acids is 2. The van der Waals surface area contributed by atoms with E-state index in [2.05, 4.69) is 5.32 Å². The zero-order valence-electron chi connectivity index (χ0n) is 19.2. The van der Waals surface area contributed by atoms with Gasteiger partial charge >= 0.3 is 0 Å². The molecular weight excluding hydrogens is 398 g/mol. The summed E-state index contributed by atoms with van der Waals surface area (Å²) in [5.74, 6) is 4.88. The number of hydrogen-bond acceptors (Lipinski definition) is 3. The van der Waals surface area contributed by atoms with Gasteiger partial charge in [0, 0.05) is 23.4 Å². The van der Waals surface area contributed by atoms with E-state index in [9.17, 15) is 9.59 Å². The Kier molecular flexibility index (Phi) is 5.30. The summed E-state index contributed by atoms with van der Waals surface area (Å²) in [5.41, 5.74) is 0.802. The molecule has 6 saturated carbocycles. The number of rotatable bonds is 7. The first-order valence-corrected chi connectivity index (χ1v) is 13.2. The summed E-state index contributed by atoms with van der Waals surface area (Å²) in [4.78, 5) is 25.1. The molecule has 0 saturated heterocycles. The monoisotopic (exact) mass is 435 g/mol. The van der Waals surface area contributed by atoms with E-state index in [-0.39, 0.29) is 17.6 Å². The van der Waals surface area contributed by atoms with Crippen molar-refractivity contribution in [2.75, 3.05) is 0 Å². The van der Waals surface area contributed by atoms with E-state index in [1.54, 1.807) is 0 Å². The molecule has 0 unspecified atom stereocenters. The van der Waals surface area contributed by atoms with Crippen LogP contribution in [0.4, 0.5) is 0 Å². The largest absolute Gasteiger partial charge is 0.490 e. The van der Waals surface area contributed by atoms with Gasteiger partial charge in [-0.25, -0.2) is 0 Å². The Hall–Kier alpha value is -1.84. The highest BCUT2D eigenvalue weighted by molar-refractivity contribution is 5.94. The summed E-state index contributed by atoms with van der Waals surface area (Å²) in [6, 6.07) is 7.75. The lowest BCUT2D eigenvalue weighted by atomic mass is 9.53. The van der Waals surface area contributed by atoms with E-state index in [0.29, 0.717) is 17.6 Å². The fourth-order valence-corrected chi connectivity index (χ4v) is 7.76. The van der Waals surface area contributed by atoms with Gasteiger partial charge in [0.25, 0.3) is 5.91 Å². The van der Waals surface area contributed by atoms with Gasteiger partial charge in [-0.05, 0) is 125 Å². The molecule has 0 atom stereocenters. The van der Waals surface area contributed by atoms with Crippen molar-refractivity contribution >= 4 is 11.7 Å². The number of ether oxygens (including phenoxy) is 1. The lowest BCUT2D eigenvalue weighted by Gasteiger charge is -2.56. The van der Waals surface area contributed by atoms with Crippen molar-refractivity contribution in [3.8, 4) is 5.75 Å². The fraction of sp³-hybridized carbons (Fsp3) is 0.714. The Morgan fingerprint density at radius 3 is 2.00 bits per heavy atom. The molecule has 0 heterocycles. The molecule has 1 amide bonds. The number of carbonyl (C=O) groups is 2. The highest BCUT2D eigenvalue weighted by atomic mass is 16.5. The van der Waals surface area contributed by atoms with Crippen LogP contribution in [0.2, 0.25) is 0 Å². The molecule has 0 spiro atoms. The standard InChI is InChI=1S/C28H37NO3/c30-26(22-3-4-22)14-18-1-7-24(8-2-18)32-25-9-5-23(6-10-25)27(31)29-28-15-19-11-20(16-28)13-21(12-19)17-28/h5-6,9-10,18-22,24H,1-4,7-8,11-17H2,(H,29,31). The second-order valence-corrected chi connectivity index (χ2v) is 11.9. The molecule has 6 fully saturated rings. The smallest absolute Gasteiger partial charge is 0.251 e. The van der Waals surface area contributed by atoms with Crippen LogP contribution < -0.4 is 10.1 Å². The van der Waals surface area contributed by atoms with Gasteiger partial charge in [-0.2, -0.15) is 0 Å². The van der Waals surface area contributed by atoms with Gasteiger partial charge < -0.3 is 10.1 Å². The third kappa shape index (κ3) is 4.34. The van der Waals surface area contributed by atoms with Gasteiger partial charge in [-0.15, -0.1) is 0 Å². The van der Waals surface area contributed by atoms with Crippen LogP contribution in [0.15, 0.2) is 24.3 Å². The van der Waals surface area contributed by atoms with Crippen molar-refractivity contribution in [2.45, 2.75) is 95.1 Å². The van der Waals surface area contributed by atoms with Gasteiger partial charge in [-0.3, -0.25) is 9.59 Å². The van der Waals surface area contributed by atoms with Crippen molar-refractivity contribution < 1.29 is 14.3 Å². The zero-order valence-corrected chi connectivity index (χ0v) is 19.2. The lowest BCUT2D eigenvalue weighted by molar-refractivity contribution is -0.121. The molecule has 6 aliphatic carbocycles. The number of benzene rings is 1. The molecule has 172 valence electrons. The van der Waals surface area contributed by atoms with Gasteiger partial charge in [-0.1, -0.05) is 0 Å². The van der Waals surface area contributed by atoms with Crippen LogP contribution in [-0.4, -0.2) is 23.3 Å². The van der Waals surface area contributed by atoms with Crippen LogP contribution in [0.5, 0.6) is 5.75 Å². The summed E-state index contributed by atoms with van der Waals surface area (Å²) in [6.07, 6.45) is 15.2. The topological polar surface area (TPSA) is 55.4 Å². The maximum atomic E-state index is 13.0. The molecule has 0 aliphatic heterocycles. The molecule has 1 aromatic rings. The van der Waals surface area contributed by atoms with E-state index in [4.69, 9.17) is 4.74 Å². The van der Waals surface area contributed by atoms with Crippen LogP contribution in [0.25, 0.3) is 0 Å². The van der Waals surface area contributed by atoms with Gasteiger partial charge in [0.15, 0.2) is 0 Å². The van der Waals surface area contributed by atoms with E-state index < -0.39 is 0 Å². The van der Waals surface area contributed by atoms with Crippen molar-refractivity contribution in [1.82, 2.24) is 5.32 Å². The molecular formula is C28H37NO3. The molecule has 4 nitrogen and oxygen atoms in total. The normalized spacial score (nSPS) is 37.8. The Labute approximate surface area is 191 Å². The zero-order chi connectivity index (χ0) is 21.7. The number of Topliss-reactive ketones (excluding diaryl/α,β-unsaturated/α-hetero) is 1. The highest BCUT2D eigenvalue weighted by Gasteiger charge is 2.51. The molecule has 1 aromatic carbocycles. The van der Waals surface area contributed by atoms with E-state index in [1.807, 2.05) is 24.3 Å². The highest BCUT2D eigenvalue weighted by Crippen LogP contribution is 2.55. The number of ketones is 1. The van der Waals surface area contributed by atoms with Crippen LogP contribution in [0.1, 0.15) is 93.8 Å². The fourth-order valence-electron chi connectivity index (χ4n) is 7.76. The number of nitrogens with one attached hydrogen (secondary N) is 1. The molecule has 6 aliphatic rings. The number of amides is 1. The minimum atomic E-state index is 0.0561. The average molecular weight is 436 g/mol. The maximum absolute atomic E-state index is 13.0. The molecule has 0 radical (unpaired) electrons. The third-order valence-electron chi connectivity index (χ3n) is 9.15. The van der Waals surface area contributed by atoms with Crippen LogP contribution in [0, 0.1) is 29.6 Å². The molecule has 0 aromatic heterocycles. The van der Waals surface area contributed by atoms with E-state index in [1.165, 1.54) is 38.5 Å². The van der Waals surface area contributed by atoms with Crippen molar-refractivity contribution in [3.05, 3.63) is 29.8 Å². The van der Waals surface area contributed by atoms with Crippen molar-refractivity contribution in [2.24, 2.45) is 29.6 Å². The predicted octanol–water partition coefficient (Wildman–Crippen LogP) is 5.69. The molecule has 4 heteroatoms. The quantitative estimate of drug-likeness (QED) is 0.598. The lowest BCUT2D eigenvalue weighted by Crippen LogP contribution is -2.59. The third-order valence-corrected chi connectivity index (χ3v) is 9.15. The van der Waals surface area contributed by atoms with Crippen LogP contribution >= 0.6 is 0 Å². The summed E-state index contributed by atoms with van der Waals surface area (Å²) in [7, 11) is 0. The first-order valence-electron chi connectivity index (χ1n) is 13.2. The molecule has 7 rings (SSSR count). The SMILES string of the molecule is O=C(NC12CC3CC(CC(C3)C1)C2)c1ccc(OC2CCC(CC(=O)C3CC3)CC2)cc1. The van der Waals surface area contributed by atoms with Gasteiger partial charge in [0.2, 0.25) is 0 Å². The van der Waals surface area contributed by atoms with Crippen LogP contribution in [-0.2, 0) is 4.79 Å². The second-order valence-electron chi connectivity index (χ2n) is 11.9. The van der Waals surface area contributed by atoms with E-state index in [0.717, 1.165) is 74.0 Å². The minimum Gasteiger partial charge on any atom is -0.490 e. The Morgan fingerprint density at radius 2 is 1.44 bits per heavy atom. The van der Waals surface area contributed by atoms with Crippen molar-refractivity contribution in [3.63, 3.8) is 0 Å². The number of hydrogen-bond donors (Lipinski definition) is 1. The predicted molar refractivity (Wildman–Crippen MR) is 124 cm³/mol. The Bertz CT molecular complexity index is 828. The van der Waals surface area contributed by atoms with Crippen molar-refractivity contribution in [1.29, 1.82) is 0 Å². The first-order chi connectivity index (χ1) is 15.5. The van der Waals surface area contributed by atoms with E-state index >= 15 is 0 Å². The molecule has 32 heavy (non-hydrogen) atoms. The maximum Gasteiger partial charge on any atom is 0.251 e. The van der Waals surface area contributed by atoms with Gasteiger partial charge in [0.05, 0.1) is 6.10 Å². The Balaban J connectivity index is 1.00. The summed E-state index contributed by atoms with van der Waals surface area (Å²) in [6.45, 7) is 0. The Morgan fingerprint density at radius 1 is 0.844 bits per heavy atom. The molecule has 4 bridgehead atoms. The summed E-state index contributed by atoms with van der Waals surface area (Å²) >= 11 is 0. The molecule has 1 N–H and O–H groups in total. The minimum absolute atomic E-state index is 0.0561. The second kappa shape index (κ2) is 8.18. The summed E-state index contributed by atoms with van der Waals surface area (Å²) in [5, 5.41) is 3.47. The summed E-state index contributed by atoms with van der Waals surface area (Å²) < 4.78 is 6.22. The first kappa shape index (κ1) is 20.7. The van der Waals surface area contributed by atoms with Crippen LogP contribution in [0.3, 0.4) is 0 Å². The average Bonchev–Trinajstić information content (AvgIpc) is 3.60. The van der Waals surface area contributed by atoms with Gasteiger partial charge in [0.1, 0.15) is 11.5 Å².